The van der Waals surface area contributed by atoms with Crippen LogP contribution in [0.4, 0.5) is 0 Å². The Morgan fingerprint density at radius 1 is 0.962 bits per heavy atom. The smallest absolute Gasteiger partial charge is 0.410 e. The molecule has 1 atom stereocenters. The molecule has 0 heterocycles. The predicted molar refractivity (Wildman–Crippen MR) is 100 cm³/mol. The Kier molecular flexibility index (Phi) is 15.6. The molecule has 12 nitrogen and oxygen atoms in total. The first-order valence-corrected chi connectivity index (χ1v) is 14.4. The second-order valence-corrected chi connectivity index (χ2v) is 12.3. The second-order valence-electron chi connectivity index (χ2n) is 5.34. The highest BCUT2D eigenvalue weighted by Crippen LogP contribution is 2.17. The van der Waals surface area contributed by atoms with Gasteiger partial charge in [0, 0.05) is 32.2 Å². The van der Waals surface area contributed by atoms with Crippen LogP contribution in [0, 0.1) is 0 Å². The summed E-state index contributed by atoms with van der Waals surface area (Å²) in [6, 6.07) is 0.209. The molecule has 0 aliphatic carbocycles. The highest BCUT2D eigenvalue weighted by Gasteiger charge is 2.51. The first-order valence-electron chi connectivity index (χ1n) is 8.28. The zero-order valence-corrected chi connectivity index (χ0v) is 18.7. The Balaban J connectivity index is 4.33. The topological polar surface area (TPSA) is 205 Å². The Morgan fingerprint density at radius 2 is 1.54 bits per heavy atom. The Labute approximate surface area is 160 Å². The first-order chi connectivity index (χ1) is 12.3. The summed E-state index contributed by atoms with van der Waals surface area (Å²) in [6.45, 7) is 3.32. The highest BCUT2D eigenvalue weighted by molar-refractivity contribution is 6.74. The second kappa shape index (κ2) is 15.3. The van der Waals surface area contributed by atoms with Crippen molar-refractivity contribution in [2.24, 2.45) is 11.5 Å². The van der Waals surface area contributed by atoms with Gasteiger partial charge in [-0.25, -0.2) is 0 Å². The molecule has 0 spiro atoms. The average molecular weight is 448 g/mol. The summed E-state index contributed by atoms with van der Waals surface area (Å²) in [5, 5.41) is 6.04. The van der Waals surface area contributed by atoms with Crippen LogP contribution in [-0.2, 0) is 12.3 Å². The molecule has 0 rings (SSSR count). The lowest BCUT2D eigenvalue weighted by molar-refractivity contribution is 0.0853. The van der Waals surface area contributed by atoms with Gasteiger partial charge in [-0.1, -0.05) is 0 Å². The van der Waals surface area contributed by atoms with Crippen molar-refractivity contribution in [3.8, 4) is 0 Å². The molecule has 0 fully saturated rings. The van der Waals surface area contributed by atoms with E-state index in [4.69, 9.17) is 28.6 Å². The minimum absolute atomic E-state index is 0.0200. The van der Waals surface area contributed by atoms with Gasteiger partial charge in [0.15, 0.2) is 0 Å². The Morgan fingerprint density at radius 3 is 2.08 bits per heavy atom. The number of rotatable bonds is 18. The Bertz CT molecular complexity index is 352. The summed E-state index contributed by atoms with van der Waals surface area (Å²) in [4.78, 5) is 48.9. The number of nitrogens with one attached hydrogen (secondary N) is 2. The maximum absolute atomic E-state index is 10.3. The lowest BCUT2D eigenvalue weighted by Gasteiger charge is -2.29. The van der Waals surface area contributed by atoms with Crippen molar-refractivity contribution >= 4 is 37.1 Å². The van der Waals surface area contributed by atoms with Crippen molar-refractivity contribution in [1.29, 1.82) is 0 Å². The monoisotopic (exact) mass is 447 g/mol. The lowest BCUT2D eigenvalue weighted by atomic mass is 10.5. The molecule has 0 aliphatic heterocycles. The van der Waals surface area contributed by atoms with Crippen LogP contribution in [0.25, 0.3) is 0 Å². The lowest BCUT2D eigenvalue weighted by Crippen LogP contribution is -2.58. The standard InChI is InChI=1S/C10H31N4O8Si4/c11-3-7-13-5-1-9-24(16)21-26(18,19)22-25(17,20-23-15)10-2-6-14-8-4-12/h13-19H,1-12H2. The van der Waals surface area contributed by atoms with E-state index >= 15 is 0 Å². The fourth-order valence-corrected chi connectivity index (χ4v) is 8.75. The third kappa shape index (κ3) is 14.4. The molecule has 26 heavy (non-hydrogen) atoms. The van der Waals surface area contributed by atoms with Gasteiger partial charge in [-0.15, -0.1) is 0 Å². The van der Waals surface area contributed by atoms with Crippen LogP contribution in [0.2, 0.25) is 12.1 Å². The normalized spacial score (nSPS) is 14.8. The predicted octanol–water partition coefficient (Wildman–Crippen LogP) is -4.73. The molecular formula is C10H31N4O8Si4. The van der Waals surface area contributed by atoms with Gasteiger partial charge >= 0.3 is 37.1 Å². The van der Waals surface area contributed by atoms with E-state index in [1.807, 2.05) is 0 Å². The molecule has 0 saturated heterocycles. The molecule has 155 valence electrons. The molecule has 0 aromatic heterocycles. The summed E-state index contributed by atoms with van der Waals surface area (Å²) in [7, 11) is -12.4. The molecular weight excluding hydrogens is 416 g/mol. The average Bonchev–Trinajstić information content (AvgIpc) is 2.53. The van der Waals surface area contributed by atoms with Gasteiger partial charge in [-0.2, -0.15) is 0 Å². The van der Waals surface area contributed by atoms with E-state index in [0.717, 1.165) is 0 Å². The molecule has 1 unspecified atom stereocenters. The minimum Gasteiger partial charge on any atom is -0.410 e. The molecule has 16 heteroatoms. The van der Waals surface area contributed by atoms with Crippen LogP contribution >= 0.6 is 0 Å². The number of hydrogen-bond acceptors (Lipinski definition) is 12. The summed E-state index contributed by atoms with van der Waals surface area (Å²) in [6.07, 6.45) is 0.958. The number of nitrogens with two attached hydrogens (primary N) is 2. The molecule has 0 aromatic rings. The van der Waals surface area contributed by atoms with E-state index in [1.54, 1.807) is 0 Å². The largest absolute Gasteiger partial charge is 0.657 e. The van der Waals surface area contributed by atoms with Crippen molar-refractivity contribution < 1.29 is 36.3 Å². The van der Waals surface area contributed by atoms with Gasteiger partial charge in [0.25, 0.3) is 0 Å². The SMILES string of the molecule is NCCNCCC[Si](O)O[Si](O)(O)O[Si](O)(CCCNCCN)O[Si]O. The van der Waals surface area contributed by atoms with Crippen LogP contribution in [0.1, 0.15) is 12.8 Å². The van der Waals surface area contributed by atoms with Gasteiger partial charge in [-0.3, -0.25) is 0 Å². The van der Waals surface area contributed by atoms with Crippen LogP contribution in [0.15, 0.2) is 0 Å². The minimum atomic E-state index is -4.80. The van der Waals surface area contributed by atoms with Crippen molar-refractivity contribution in [2.45, 2.75) is 24.9 Å². The van der Waals surface area contributed by atoms with Crippen molar-refractivity contribution in [3.05, 3.63) is 0 Å². The fourth-order valence-electron chi connectivity index (χ4n) is 1.88. The van der Waals surface area contributed by atoms with Crippen LogP contribution in [0.5, 0.6) is 0 Å². The van der Waals surface area contributed by atoms with Crippen molar-refractivity contribution in [2.75, 3.05) is 39.3 Å². The van der Waals surface area contributed by atoms with Crippen LogP contribution < -0.4 is 22.1 Å². The van der Waals surface area contributed by atoms with E-state index in [9.17, 15) is 19.2 Å². The quantitative estimate of drug-likeness (QED) is 0.0717. The third-order valence-corrected chi connectivity index (χ3v) is 10.7. The van der Waals surface area contributed by atoms with Gasteiger partial charge in [0.05, 0.1) is 0 Å². The zero-order valence-electron chi connectivity index (χ0n) is 14.7. The van der Waals surface area contributed by atoms with Gasteiger partial charge < -0.3 is 58.4 Å². The maximum atomic E-state index is 10.3. The zero-order chi connectivity index (χ0) is 19.9. The fraction of sp³-hybridized carbons (Fsp3) is 1.00. The first kappa shape index (κ1) is 26.4. The molecule has 0 saturated carbocycles. The molecule has 0 aromatic carbocycles. The summed E-state index contributed by atoms with van der Waals surface area (Å²) in [5.74, 6) is 0. The van der Waals surface area contributed by atoms with E-state index in [1.165, 1.54) is 0 Å². The van der Waals surface area contributed by atoms with E-state index in [0.29, 0.717) is 52.1 Å². The molecule has 0 bridgehead atoms. The van der Waals surface area contributed by atoms with Crippen LogP contribution in [-0.4, -0.2) is 100 Å². The maximum Gasteiger partial charge on any atom is 0.657 e. The molecule has 0 amide bonds. The summed E-state index contributed by atoms with van der Waals surface area (Å²) in [5.41, 5.74) is 10.7. The molecule has 3 radical (unpaired) electrons. The van der Waals surface area contributed by atoms with Crippen molar-refractivity contribution in [1.82, 2.24) is 10.6 Å². The van der Waals surface area contributed by atoms with Crippen LogP contribution in [0.3, 0.4) is 0 Å². The summed E-state index contributed by atoms with van der Waals surface area (Å²) >= 11 is 0. The van der Waals surface area contributed by atoms with Gasteiger partial charge in [-0.05, 0) is 32.0 Å². The third-order valence-electron chi connectivity index (χ3n) is 2.98. The molecule has 0 aliphatic rings. The number of hydrogen-bond donors (Lipinski definition) is 9. The van der Waals surface area contributed by atoms with Gasteiger partial charge in [0.2, 0.25) is 0 Å². The van der Waals surface area contributed by atoms with E-state index < -0.39 is 37.1 Å². The van der Waals surface area contributed by atoms with Crippen molar-refractivity contribution in [3.63, 3.8) is 0 Å². The summed E-state index contributed by atoms with van der Waals surface area (Å²) < 4.78 is 14.6. The van der Waals surface area contributed by atoms with Gasteiger partial charge in [0.1, 0.15) is 0 Å². The Hall–Kier alpha value is 0.388. The highest BCUT2D eigenvalue weighted by atomic mass is 28.5. The molecule has 11 N–H and O–H groups in total. The van der Waals surface area contributed by atoms with E-state index in [2.05, 4.69) is 10.6 Å². The van der Waals surface area contributed by atoms with E-state index in [-0.39, 0.29) is 12.1 Å².